The van der Waals surface area contributed by atoms with Crippen LogP contribution >= 0.6 is 0 Å². The summed E-state index contributed by atoms with van der Waals surface area (Å²) in [6.07, 6.45) is -1.54. The van der Waals surface area contributed by atoms with Crippen molar-refractivity contribution >= 4 is 23.0 Å². The Labute approximate surface area is 267 Å². The van der Waals surface area contributed by atoms with Gasteiger partial charge in [-0.25, -0.2) is 9.07 Å². The molecule has 0 aliphatic heterocycles. The first-order chi connectivity index (χ1) is 21.7. The molecule has 1 aliphatic carbocycles. The molecule has 1 saturated carbocycles. The van der Waals surface area contributed by atoms with Gasteiger partial charge in [0.15, 0.2) is 5.69 Å². The molecule has 1 aromatic heterocycles. The molecule has 2 atom stereocenters. The number of benzene rings is 3. The number of hydrogen-bond donors (Lipinski definition) is 2. The second kappa shape index (κ2) is 12.9. The summed E-state index contributed by atoms with van der Waals surface area (Å²) < 4.78 is 73.5. The van der Waals surface area contributed by atoms with Gasteiger partial charge in [-0.05, 0) is 93.1 Å². The molecule has 5 rings (SSSR count). The molecule has 4 aromatic rings. The van der Waals surface area contributed by atoms with Crippen molar-refractivity contribution in [3.8, 4) is 11.8 Å². The van der Waals surface area contributed by atoms with Crippen LogP contribution in [-0.4, -0.2) is 25.0 Å². The number of hydrogen-bond acceptors (Lipinski definition) is 5. The summed E-state index contributed by atoms with van der Waals surface area (Å²) in [5.74, 6) is -1.39. The van der Waals surface area contributed by atoms with Gasteiger partial charge < -0.3 is 9.87 Å². The molecule has 7 nitrogen and oxygen atoms in total. The summed E-state index contributed by atoms with van der Waals surface area (Å²) in [4.78, 5) is 13.5. The Bertz CT molecular complexity index is 1760. The third-order valence-corrected chi connectivity index (χ3v) is 9.45. The second-order valence-electron chi connectivity index (χ2n) is 12.3. The van der Waals surface area contributed by atoms with Crippen LogP contribution in [0.1, 0.15) is 79.3 Å². The molecule has 1 aliphatic rings. The lowest BCUT2D eigenvalue weighted by molar-refractivity contribution is -0.141. The number of halogens is 4. The second-order valence-corrected chi connectivity index (χ2v) is 14.3. The van der Waals surface area contributed by atoms with Crippen molar-refractivity contribution in [2.24, 2.45) is 5.92 Å². The van der Waals surface area contributed by atoms with Gasteiger partial charge in [-0.1, -0.05) is 43.2 Å². The third kappa shape index (κ3) is 7.28. The van der Waals surface area contributed by atoms with E-state index in [0.717, 1.165) is 30.0 Å². The molecule has 3 aromatic carbocycles. The third-order valence-electron chi connectivity index (χ3n) is 7.81. The fraction of sp³-hybridized carbons (Fsp3) is 0.324. The van der Waals surface area contributed by atoms with E-state index < -0.39 is 50.9 Å². The van der Waals surface area contributed by atoms with E-state index in [4.69, 9.17) is 0 Å². The fourth-order valence-corrected chi connectivity index (χ4v) is 6.04. The Morgan fingerprint density at radius 3 is 2.48 bits per heavy atom. The maximum atomic E-state index is 15.4. The molecule has 1 fully saturated rings. The number of nitrogens with zero attached hydrogens (tertiary/aromatic N) is 3. The SMILES string of the molecule is CC(C)(C)[S@@+]([O-])N[C@](CCC1CC1)(c1cccc(C#N)c1)c1ccc(F)c(NC(=O)c2cc(C(F)(F)F)nn2-c2c[c]ccc2)c1. The van der Waals surface area contributed by atoms with E-state index in [9.17, 15) is 27.8 Å². The van der Waals surface area contributed by atoms with Crippen molar-refractivity contribution in [2.45, 2.75) is 62.9 Å². The van der Waals surface area contributed by atoms with Crippen LogP contribution in [0.5, 0.6) is 0 Å². The van der Waals surface area contributed by atoms with E-state index in [1.165, 1.54) is 30.3 Å². The number of rotatable bonds is 10. The van der Waals surface area contributed by atoms with Crippen LogP contribution < -0.4 is 10.0 Å². The topological polar surface area (TPSA) is 106 Å². The Morgan fingerprint density at radius 1 is 1.11 bits per heavy atom. The average molecular weight is 651 g/mol. The predicted molar refractivity (Wildman–Crippen MR) is 167 cm³/mol. The minimum Gasteiger partial charge on any atom is -0.598 e. The maximum absolute atomic E-state index is 15.4. The van der Waals surface area contributed by atoms with Crippen molar-refractivity contribution in [2.75, 3.05) is 5.32 Å². The van der Waals surface area contributed by atoms with Gasteiger partial charge in [-0.3, -0.25) is 4.79 Å². The fourth-order valence-electron chi connectivity index (χ4n) is 5.08. The Morgan fingerprint density at radius 2 is 1.85 bits per heavy atom. The summed E-state index contributed by atoms with van der Waals surface area (Å²) in [6.45, 7) is 5.44. The monoisotopic (exact) mass is 650 g/mol. The van der Waals surface area contributed by atoms with Gasteiger partial charge in [0, 0.05) is 17.4 Å². The normalized spacial score (nSPS) is 15.5. The number of aromatic nitrogens is 2. The first-order valence-corrected chi connectivity index (χ1v) is 15.8. The largest absolute Gasteiger partial charge is 0.598 e. The molecular formula is C34H32F4N5O2S. The van der Waals surface area contributed by atoms with Gasteiger partial charge >= 0.3 is 6.18 Å². The van der Waals surface area contributed by atoms with Gasteiger partial charge in [0.25, 0.3) is 5.91 Å². The van der Waals surface area contributed by atoms with E-state index in [1.807, 2.05) is 20.8 Å². The Hall–Kier alpha value is -4.18. The lowest BCUT2D eigenvalue weighted by atomic mass is 9.79. The number of amides is 1. The summed E-state index contributed by atoms with van der Waals surface area (Å²) >= 11 is -1.63. The number of nitrogens with one attached hydrogen (secondary N) is 2. The highest BCUT2D eigenvalue weighted by molar-refractivity contribution is 7.90. The van der Waals surface area contributed by atoms with Gasteiger partial charge in [-0.2, -0.15) is 23.5 Å². The Balaban J connectivity index is 1.61. The zero-order valence-electron chi connectivity index (χ0n) is 25.4. The van der Waals surface area contributed by atoms with Gasteiger partial charge in [0.1, 0.15) is 21.8 Å². The van der Waals surface area contributed by atoms with Crippen LogP contribution in [0.4, 0.5) is 23.2 Å². The van der Waals surface area contributed by atoms with Crippen LogP contribution in [-0.2, 0) is 23.1 Å². The lowest BCUT2D eigenvalue weighted by Gasteiger charge is -2.39. The standard InChI is InChI=1S/C34H32F4N5O2S/c1-32(2,3)46(45)42-33(17-16-22-12-13-22,24-9-7-8-23(18-24)21-39)25-14-15-27(35)28(19-25)40-31(44)29-20-30(34(36,37)38)41-43(29)26-10-5-4-6-11-26/h4-5,7-11,14-15,18-20,22,42H,12-13,16-17H2,1-3H3,(H,40,44)/t33-,46-/m1/s1. The van der Waals surface area contributed by atoms with Gasteiger partial charge in [0.05, 0.1) is 23.0 Å². The number of anilines is 1. The smallest absolute Gasteiger partial charge is 0.435 e. The molecule has 46 heavy (non-hydrogen) atoms. The summed E-state index contributed by atoms with van der Waals surface area (Å²) in [5, 5.41) is 15.7. The highest BCUT2D eigenvalue weighted by Crippen LogP contribution is 2.43. The molecule has 12 heteroatoms. The molecule has 1 radical (unpaired) electrons. The quantitative estimate of drug-likeness (QED) is 0.137. The van der Waals surface area contributed by atoms with E-state index in [1.54, 1.807) is 30.3 Å². The predicted octanol–water partition coefficient (Wildman–Crippen LogP) is 7.44. The summed E-state index contributed by atoms with van der Waals surface area (Å²) in [7, 11) is 0. The van der Waals surface area contributed by atoms with Crippen LogP contribution in [0.15, 0.2) is 72.8 Å². The van der Waals surface area contributed by atoms with Crippen molar-refractivity contribution in [1.29, 1.82) is 5.26 Å². The number of nitriles is 1. The van der Waals surface area contributed by atoms with Gasteiger partial charge in [0.2, 0.25) is 0 Å². The molecule has 1 amide bonds. The van der Waals surface area contributed by atoms with Crippen LogP contribution in [0.2, 0.25) is 0 Å². The van der Waals surface area contributed by atoms with E-state index in [-0.39, 0.29) is 11.4 Å². The summed E-state index contributed by atoms with van der Waals surface area (Å²) in [6, 6.07) is 22.3. The summed E-state index contributed by atoms with van der Waals surface area (Å²) in [5.41, 5.74) is -1.61. The number of carbonyl (C=O) groups excluding carboxylic acids is 1. The molecular weight excluding hydrogens is 618 g/mol. The van der Waals surface area contributed by atoms with Crippen molar-refractivity contribution in [1.82, 2.24) is 14.5 Å². The number of carbonyl (C=O) groups is 1. The first-order valence-electron chi connectivity index (χ1n) is 14.7. The lowest BCUT2D eigenvalue weighted by Crippen LogP contribution is -2.52. The van der Waals surface area contributed by atoms with Crippen molar-refractivity contribution in [3.63, 3.8) is 0 Å². The van der Waals surface area contributed by atoms with E-state index >= 15 is 4.39 Å². The minimum absolute atomic E-state index is 0.155. The number of alkyl halides is 3. The van der Waals surface area contributed by atoms with Crippen molar-refractivity contribution in [3.05, 3.63) is 113 Å². The molecule has 0 spiro atoms. The minimum atomic E-state index is -4.84. The Kier molecular flexibility index (Phi) is 9.31. The molecule has 0 bridgehead atoms. The van der Waals surface area contributed by atoms with E-state index in [2.05, 4.69) is 27.3 Å². The van der Waals surface area contributed by atoms with Crippen LogP contribution in [0, 0.1) is 29.1 Å². The van der Waals surface area contributed by atoms with E-state index in [0.29, 0.717) is 35.1 Å². The highest BCUT2D eigenvalue weighted by atomic mass is 32.2. The first kappa shape index (κ1) is 33.2. The zero-order chi connectivity index (χ0) is 33.3. The molecule has 2 N–H and O–H groups in total. The molecule has 0 unspecified atom stereocenters. The molecule has 1 heterocycles. The maximum Gasteiger partial charge on any atom is 0.435 e. The van der Waals surface area contributed by atoms with Gasteiger partial charge in [-0.15, -0.1) is 4.72 Å². The molecule has 0 saturated heterocycles. The zero-order valence-corrected chi connectivity index (χ0v) is 26.2. The average Bonchev–Trinajstić information content (AvgIpc) is 3.73. The molecule has 239 valence electrons. The van der Waals surface area contributed by atoms with Crippen molar-refractivity contribution < 1.29 is 26.9 Å². The van der Waals surface area contributed by atoms with Crippen LogP contribution in [0.3, 0.4) is 0 Å². The highest BCUT2D eigenvalue weighted by Gasteiger charge is 2.44. The van der Waals surface area contributed by atoms with Crippen LogP contribution in [0.25, 0.3) is 5.69 Å².